The van der Waals surface area contributed by atoms with Crippen LogP contribution in [-0.2, 0) is 13.5 Å². The molecule has 0 aliphatic heterocycles. The molecule has 158 valence electrons. The molecular weight excluding hydrogens is 374 g/mol. The molecular formula is C25H31N3O2. The van der Waals surface area contributed by atoms with Crippen molar-refractivity contribution in [1.29, 1.82) is 0 Å². The van der Waals surface area contributed by atoms with E-state index >= 15 is 0 Å². The van der Waals surface area contributed by atoms with E-state index in [1.807, 2.05) is 36.0 Å². The number of nitrogen functional groups attached to an aromatic ring is 1. The predicted octanol–water partition coefficient (Wildman–Crippen LogP) is 5.21. The second kappa shape index (κ2) is 10.0. The molecule has 0 radical (unpaired) electrons. The minimum atomic E-state index is 0.0446. The zero-order valence-corrected chi connectivity index (χ0v) is 18.3. The highest BCUT2D eigenvalue weighted by Crippen LogP contribution is 2.33. The SMILES string of the molecule is CCC/C=C/c1ccc(OC)c(CC(c2ccc(OC)cc2)c2cn(C)c(N)n2)c1. The van der Waals surface area contributed by atoms with Gasteiger partial charge in [-0.3, -0.25) is 0 Å². The maximum atomic E-state index is 6.04. The van der Waals surface area contributed by atoms with Crippen molar-refractivity contribution in [2.24, 2.45) is 7.05 Å². The molecule has 1 unspecified atom stereocenters. The maximum Gasteiger partial charge on any atom is 0.200 e. The first-order valence-electron chi connectivity index (χ1n) is 10.3. The number of aromatic nitrogens is 2. The summed E-state index contributed by atoms with van der Waals surface area (Å²) in [6.07, 6.45) is 9.35. The molecule has 0 aliphatic rings. The number of nitrogens with zero attached hydrogens (tertiary/aromatic N) is 2. The van der Waals surface area contributed by atoms with Crippen LogP contribution in [0.3, 0.4) is 0 Å². The highest BCUT2D eigenvalue weighted by atomic mass is 16.5. The number of methoxy groups -OCH3 is 2. The summed E-state index contributed by atoms with van der Waals surface area (Å²) in [4.78, 5) is 4.62. The summed E-state index contributed by atoms with van der Waals surface area (Å²) in [7, 11) is 5.30. The van der Waals surface area contributed by atoms with Gasteiger partial charge < -0.3 is 19.8 Å². The summed E-state index contributed by atoms with van der Waals surface area (Å²) in [5.41, 5.74) is 10.5. The topological polar surface area (TPSA) is 62.3 Å². The average Bonchev–Trinajstić information content (AvgIpc) is 3.10. The number of ether oxygens (including phenoxy) is 2. The monoisotopic (exact) mass is 405 g/mol. The number of unbranched alkanes of at least 4 members (excludes halogenated alkanes) is 1. The lowest BCUT2D eigenvalue weighted by Gasteiger charge is -2.18. The molecule has 1 heterocycles. The molecule has 1 atom stereocenters. The maximum absolute atomic E-state index is 6.04. The van der Waals surface area contributed by atoms with Crippen molar-refractivity contribution in [3.05, 3.63) is 77.1 Å². The van der Waals surface area contributed by atoms with Gasteiger partial charge in [0.15, 0.2) is 5.95 Å². The largest absolute Gasteiger partial charge is 0.497 e. The van der Waals surface area contributed by atoms with Crippen LogP contribution >= 0.6 is 0 Å². The number of aryl methyl sites for hydroxylation is 1. The Labute approximate surface area is 179 Å². The van der Waals surface area contributed by atoms with E-state index < -0.39 is 0 Å². The number of allylic oxidation sites excluding steroid dienone is 1. The zero-order chi connectivity index (χ0) is 21.5. The highest BCUT2D eigenvalue weighted by molar-refractivity contribution is 5.54. The van der Waals surface area contributed by atoms with Crippen LogP contribution in [0.2, 0.25) is 0 Å². The van der Waals surface area contributed by atoms with Gasteiger partial charge >= 0.3 is 0 Å². The van der Waals surface area contributed by atoms with Crippen LogP contribution in [0.4, 0.5) is 5.95 Å². The summed E-state index contributed by atoms with van der Waals surface area (Å²) >= 11 is 0. The second-order valence-corrected chi connectivity index (χ2v) is 7.43. The number of benzene rings is 2. The average molecular weight is 406 g/mol. The number of nitrogens with two attached hydrogens (primary N) is 1. The fraction of sp³-hybridized carbons (Fsp3) is 0.320. The van der Waals surface area contributed by atoms with Crippen molar-refractivity contribution < 1.29 is 9.47 Å². The van der Waals surface area contributed by atoms with Gasteiger partial charge in [-0.05, 0) is 53.8 Å². The summed E-state index contributed by atoms with van der Waals surface area (Å²) < 4.78 is 12.9. The number of hydrogen-bond acceptors (Lipinski definition) is 4. The van der Waals surface area contributed by atoms with Crippen LogP contribution in [0, 0.1) is 0 Å². The Morgan fingerprint density at radius 2 is 1.87 bits per heavy atom. The van der Waals surface area contributed by atoms with Gasteiger partial charge in [-0.25, -0.2) is 4.98 Å². The van der Waals surface area contributed by atoms with Crippen molar-refractivity contribution in [2.75, 3.05) is 20.0 Å². The zero-order valence-electron chi connectivity index (χ0n) is 18.3. The molecule has 0 bridgehead atoms. The Bertz CT molecular complexity index is 971. The molecule has 2 aromatic carbocycles. The van der Waals surface area contributed by atoms with E-state index in [4.69, 9.17) is 15.2 Å². The summed E-state index contributed by atoms with van der Waals surface area (Å²) in [6.45, 7) is 2.18. The highest BCUT2D eigenvalue weighted by Gasteiger charge is 2.21. The Morgan fingerprint density at radius 1 is 1.10 bits per heavy atom. The van der Waals surface area contributed by atoms with E-state index in [0.29, 0.717) is 5.95 Å². The first-order chi connectivity index (χ1) is 14.5. The van der Waals surface area contributed by atoms with Crippen molar-refractivity contribution in [3.63, 3.8) is 0 Å². The van der Waals surface area contributed by atoms with Gasteiger partial charge in [-0.15, -0.1) is 0 Å². The van der Waals surface area contributed by atoms with E-state index in [1.54, 1.807) is 14.2 Å². The second-order valence-electron chi connectivity index (χ2n) is 7.43. The fourth-order valence-corrected chi connectivity index (χ4v) is 3.57. The lowest BCUT2D eigenvalue weighted by atomic mass is 9.88. The van der Waals surface area contributed by atoms with Gasteiger partial charge in [0.25, 0.3) is 0 Å². The van der Waals surface area contributed by atoms with Crippen molar-refractivity contribution in [3.8, 4) is 11.5 Å². The first-order valence-corrected chi connectivity index (χ1v) is 10.3. The molecule has 2 N–H and O–H groups in total. The standard InChI is InChI=1S/C25H31N3O2/c1-5-6-7-8-18-9-14-24(30-4)20(15-18)16-22(23-17-28(2)25(26)27-23)19-10-12-21(29-3)13-11-19/h7-15,17,22H,5-6,16H2,1-4H3,(H2,26,27)/b8-7+. The van der Waals surface area contributed by atoms with Crippen LogP contribution in [-0.4, -0.2) is 23.8 Å². The summed E-state index contributed by atoms with van der Waals surface area (Å²) in [5, 5.41) is 0. The molecule has 0 fully saturated rings. The molecule has 30 heavy (non-hydrogen) atoms. The number of imidazole rings is 1. The van der Waals surface area contributed by atoms with Crippen LogP contribution in [0.5, 0.6) is 11.5 Å². The Morgan fingerprint density at radius 3 is 2.47 bits per heavy atom. The number of hydrogen-bond donors (Lipinski definition) is 1. The Kier molecular flexibility index (Phi) is 7.17. The van der Waals surface area contributed by atoms with Crippen molar-refractivity contribution >= 4 is 12.0 Å². The molecule has 1 aromatic heterocycles. The van der Waals surface area contributed by atoms with Gasteiger partial charge in [0, 0.05) is 19.2 Å². The van der Waals surface area contributed by atoms with E-state index in [-0.39, 0.29) is 5.92 Å². The Balaban J connectivity index is 2.00. The van der Waals surface area contributed by atoms with E-state index in [1.165, 1.54) is 5.56 Å². The third-order valence-corrected chi connectivity index (χ3v) is 5.30. The number of anilines is 1. The lowest BCUT2D eigenvalue weighted by molar-refractivity contribution is 0.408. The lowest BCUT2D eigenvalue weighted by Crippen LogP contribution is -2.07. The quantitative estimate of drug-likeness (QED) is 0.531. The van der Waals surface area contributed by atoms with Gasteiger partial charge in [0.1, 0.15) is 11.5 Å². The molecule has 0 aliphatic carbocycles. The summed E-state index contributed by atoms with van der Waals surface area (Å²) in [6, 6.07) is 14.5. The molecule has 5 nitrogen and oxygen atoms in total. The summed E-state index contributed by atoms with van der Waals surface area (Å²) in [5.74, 6) is 2.26. The van der Waals surface area contributed by atoms with Gasteiger partial charge in [0.2, 0.25) is 0 Å². The van der Waals surface area contributed by atoms with E-state index in [0.717, 1.165) is 47.6 Å². The molecule has 5 heteroatoms. The van der Waals surface area contributed by atoms with Crippen LogP contribution in [0.1, 0.15) is 48.1 Å². The van der Waals surface area contributed by atoms with E-state index in [2.05, 4.69) is 48.3 Å². The smallest absolute Gasteiger partial charge is 0.200 e. The Hall–Kier alpha value is -3.21. The third kappa shape index (κ3) is 5.03. The van der Waals surface area contributed by atoms with E-state index in [9.17, 15) is 0 Å². The third-order valence-electron chi connectivity index (χ3n) is 5.30. The fourth-order valence-electron chi connectivity index (χ4n) is 3.57. The molecule has 0 amide bonds. The van der Waals surface area contributed by atoms with Crippen LogP contribution in [0.15, 0.2) is 54.7 Å². The first kappa shape index (κ1) is 21.5. The van der Waals surface area contributed by atoms with Gasteiger partial charge in [-0.1, -0.05) is 43.7 Å². The minimum Gasteiger partial charge on any atom is -0.497 e. The minimum absolute atomic E-state index is 0.0446. The molecule has 3 aromatic rings. The normalized spacial score (nSPS) is 12.3. The van der Waals surface area contributed by atoms with Crippen LogP contribution in [0.25, 0.3) is 6.08 Å². The predicted molar refractivity (Wildman–Crippen MR) is 123 cm³/mol. The number of rotatable bonds is 9. The van der Waals surface area contributed by atoms with Crippen molar-refractivity contribution in [2.45, 2.75) is 32.1 Å². The molecule has 0 saturated heterocycles. The molecule has 0 saturated carbocycles. The van der Waals surface area contributed by atoms with Gasteiger partial charge in [-0.2, -0.15) is 0 Å². The van der Waals surface area contributed by atoms with Crippen LogP contribution < -0.4 is 15.2 Å². The van der Waals surface area contributed by atoms with Crippen molar-refractivity contribution in [1.82, 2.24) is 9.55 Å². The molecule has 0 spiro atoms. The molecule has 3 rings (SSSR count). The van der Waals surface area contributed by atoms with Gasteiger partial charge in [0.05, 0.1) is 19.9 Å².